The number of rotatable bonds is 5. The molecule has 2 rings (SSSR count). The van der Waals surface area contributed by atoms with Gasteiger partial charge in [0.15, 0.2) is 0 Å². The van der Waals surface area contributed by atoms with Crippen LogP contribution >= 0.6 is 23.2 Å². The molecule has 0 amide bonds. The molecule has 1 aromatic carbocycles. The molecule has 1 aromatic rings. The van der Waals surface area contributed by atoms with Gasteiger partial charge in [-0.1, -0.05) is 23.2 Å². The maximum Gasteiger partial charge on any atom is 0.0702 e. The number of likely N-dealkylation sites (N-methyl/N-ethyl adjacent to an activating group) is 1. The normalized spacial score (nSPS) is 21.1. The summed E-state index contributed by atoms with van der Waals surface area (Å²) in [7, 11) is 2.06. The Kier molecular flexibility index (Phi) is 6.12. The number of halogens is 2. The van der Waals surface area contributed by atoms with E-state index in [1.807, 2.05) is 12.1 Å². The van der Waals surface area contributed by atoms with E-state index in [1.165, 1.54) is 12.8 Å². The Balaban J connectivity index is 2.07. The lowest BCUT2D eigenvalue weighted by atomic mass is 10.0. The van der Waals surface area contributed by atoms with Gasteiger partial charge in [-0.3, -0.25) is 4.90 Å². The van der Waals surface area contributed by atoms with Crippen molar-refractivity contribution in [3.63, 3.8) is 0 Å². The number of ether oxygens (including phenoxy) is 1. The second-order valence-electron chi connectivity index (χ2n) is 5.35. The van der Waals surface area contributed by atoms with Gasteiger partial charge in [-0.15, -0.1) is 0 Å². The van der Waals surface area contributed by atoms with Crippen LogP contribution in [-0.4, -0.2) is 37.7 Å². The van der Waals surface area contributed by atoms with E-state index in [4.69, 9.17) is 33.7 Å². The Morgan fingerprint density at radius 1 is 1.40 bits per heavy atom. The fourth-order valence-corrected chi connectivity index (χ4v) is 3.14. The van der Waals surface area contributed by atoms with Crippen molar-refractivity contribution >= 4 is 23.2 Å². The Bertz CT molecular complexity index is 436. The van der Waals surface area contributed by atoms with Gasteiger partial charge in [0.2, 0.25) is 0 Å². The van der Waals surface area contributed by atoms with E-state index in [9.17, 15) is 0 Å². The Morgan fingerprint density at radius 2 is 2.20 bits per heavy atom. The van der Waals surface area contributed by atoms with Crippen molar-refractivity contribution in [3.8, 4) is 0 Å². The largest absolute Gasteiger partial charge is 0.377 e. The zero-order valence-corrected chi connectivity index (χ0v) is 13.3. The summed E-state index contributed by atoms with van der Waals surface area (Å²) in [5, 5.41) is 1.39. The van der Waals surface area contributed by atoms with Crippen LogP contribution in [0.15, 0.2) is 18.2 Å². The van der Waals surface area contributed by atoms with Gasteiger partial charge in [0.25, 0.3) is 0 Å². The van der Waals surface area contributed by atoms with Gasteiger partial charge in [0.05, 0.1) is 6.10 Å². The highest BCUT2D eigenvalue weighted by molar-refractivity contribution is 6.33. The third kappa shape index (κ3) is 4.09. The van der Waals surface area contributed by atoms with Crippen molar-refractivity contribution in [1.82, 2.24) is 4.90 Å². The quantitative estimate of drug-likeness (QED) is 0.903. The first kappa shape index (κ1) is 16.1. The number of nitrogens with zero attached hydrogens (tertiary/aromatic N) is 1. The molecule has 2 atom stereocenters. The van der Waals surface area contributed by atoms with E-state index < -0.39 is 0 Å². The maximum absolute atomic E-state index is 6.28. The molecule has 1 aliphatic heterocycles. The predicted octanol–water partition coefficient (Wildman–Crippen LogP) is 3.49. The predicted molar refractivity (Wildman–Crippen MR) is 84.5 cm³/mol. The number of hydrogen-bond acceptors (Lipinski definition) is 3. The van der Waals surface area contributed by atoms with Crippen molar-refractivity contribution in [3.05, 3.63) is 33.8 Å². The fourth-order valence-electron chi connectivity index (χ4n) is 2.71. The Labute approximate surface area is 131 Å². The molecule has 0 bridgehead atoms. The molecule has 112 valence electrons. The summed E-state index contributed by atoms with van der Waals surface area (Å²) in [6.45, 7) is 2.23. The van der Waals surface area contributed by atoms with Crippen LogP contribution in [0.5, 0.6) is 0 Å². The summed E-state index contributed by atoms with van der Waals surface area (Å²) in [6.07, 6.45) is 3.82. The van der Waals surface area contributed by atoms with E-state index in [-0.39, 0.29) is 6.04 Å². The second kappa shape index (κ2) is 7.62. The van der Waals surface area contributed by atoms with Gasteiger partial charge in [-0.2, -0.15) is 0 Å². The molecule has 1 heterocycles. The average Bonchev–Trinajstić information content (AvgIpc) is 2.44. The minimum atomic E-state index is 0.0618. The fraction of sp³-hybridized carbons (Fsp3) is 0.600. The zero-order chi connectivity index (χ0) is 14.5. The first-order valence-corrected chi connectivity index (χ1v) is 7.84. The first-order valence-electron chi connectivity index (χ1n) is 7.08. The molecule has 1 aliphatic rings. The highest BCUT2D eigenvalue weighted by Gasteiger charge is 2.23. The van der Waals surface area contributed by atoms with Crippen molar-refractivity contribution in [2.45, 2.75) is 31.4 Å². The molecule has 0 spiro atoms. The molecule has 5 heteroatoms. The molecule has 1 saturated heterocycles. The Morgan fingerprint density at radius 3 is 2.85 bits per heavy atom. The van der Waals surface area contributed by atoms with E-state index in [0.29, 0.717) is 22.7 Å². The minimum absolute atomic E-state index is 0.0618. The van der Waals surface area contributed by atoms with E-state index in [1.54, 1.807) is 6.07 Å². The van der Waals surface area contributed by atoms with E-state index in [0.717, 1.165) is 25.1 Å². The lowest BCUT2D eigenvalue weighted by Crippen LogP contribution is -2.38. The highest BCUT2D eigenvalue weighted by Crippen LogP contribution is 2.29. The Hall–Kier alpha value is -0.320. The molecule has 1 fully saturated rings. The van der Waals surface area contributed by atoms with Crippen molar-refractivity contribution < 1.29 is 4.74 Å². The minimum Gasteiger partial charge on any atom is -0.377 e. The van der Waals surface area contributed by atoms with Gasteiger partial charge in [-0.05, 0) is 50.1 Å². The van der Waals surface area contributed by atoms with Crippen molar-refractivity contribution in [2.24, 2.45) is 5.73 Å². The monoisotopic (exact) mass is 316 g/mol. The van der Waals surface area contributed by atoms with Gasteiger partial charge in [0, 0.05) is 35.8 Å². The smallest absolute Gasteiger partial charge is 0.0702 e. The number of hydrogen-bond donors (Lipinski definition) is 1. The van der Waals surface area contributed by atoms with Gasteiger partial charge >= 0.3 is 0 Å². The third-order valence-corrected chi connectivity index (χ3v) is 4.42. The van der Waals surface area contributed by atoms with E-state index >= 15 is 0 Å². The van der Waals surface area contributed by atoms with Crippen LogP contribution < -0.4 is 5.73 Å². The number of benzene rings is 1. The maximum atomic E-state index is 6.28. The molecule has 0 saturated carbocycles. The summed E-state index contributed by atoms with van der Waals surface area (Å²) < 4.78 is 5.79. The molecular weight excluding hydrogens is 295 g/mol. The van der Waals surface area contributed by atoms with Crippen LogP contribution in [0, 0.1) is 0 Å². The SMILES string of the molecule is CN(CC1CCCCO1)C(CN)c1cc(Cl)ccc1Cl. The molecule has 2 unspecified atom stereocenters. The summed E-state index contributed by atoms with van der Waals surface area (Å²) >= 11 is 12.4. The van der Waals surface area contributed by atoms with Crippen LogP contribution in [0.2, 0.25) is 10.0 Å². The molecular formula is C15H22Cl2N2O. The summed E-state index contributed by atoms with van der Waals surface area (Å²) in [4.78, 5) is 2.22. The summed E-state index contributed by atoms with van der Waals surface area (Å²) in [6, 6.07) is 5.59. The lowest BCUT2D eigenvalue weighted by molar-refractivity contribution is -0.00777. The van der Waals surface area contributed by atoms with Crippen molar-refractivity contribution in [1.29, 1.82) is 0 Å². The lowest BCUT2D eigenvalue weighted by Gasteiger charge is -2.33. The van der Waals surface area contributed by atoms with E-state index in [2.05, 4.69) is 11.9 Å². The molecule has 0 aliphatic carbocycles. The topological polar surface area (TPSA) is 38.5 Å². The second-order valence-corrected chi connectivity index (χ2v) is 6.19. The zero-order valence-electron chi connectivity index (χ0n) is 11.8. The molecule has 20 heavy (non-hydrogen) atoms. The summed E-state index contributed by atoms with van der Waals surface area (Å²) in [5.74, 6) is 0. The van der Waals surface area contributed by atoms with Crippen LogP contribution in [0.3, 0.4) is 0 Å². The van der Waals surface area contributed by atoms with Gasteiger partial charge < -0.3 is 10.5 Å². The van der Waals surface area contributed by atoms with Crippen LogP contribution in [0.25, 0.3) is 0 Å². The average molecular weight is 317 g/mol. The van der Waals surface area contributed by atoms with Gasteiger partial charge in [0.1, 0.15) is 0 Å². The van der Waals surface area contributed by atoms with Crippen LogP contribution in [-0.2, 0) is 4.74 Å². The standard InChI is InChI=1S/C15H22Cl2N2O/c1-19(10-12-4-2-3-7-20-12)15(9-18)13-8-11(16)5-6-14(13)17/h5-6,8,12,15H,2-4,7,9-10,18H2,1H3. The molecule has 0 aromatic heterocycles. The summed E-state index contributed by atoms with van der Waals surface area (Å²) in [5.41, 5.74) is 6.93. The van der Waals surface area contributed by atoms with Crippen LogP contribution in [0.4, 0.5) is 0 Å². The highest BCUT2D eigenvalue weighted by atomic mass is 35.5. The van der Waals surface area contributed by atoms with Crippen molar-refractivity contribution in [2.75, 3.05) is 26.7 Å². The first-order chi connectivity index (χ1) is 9.61. The van der Waals surface area contributed by atoms with Gasteiger partial charge in [-0.25, -0.2) is 0 Å². The van der Waals surface area contributed by atoms with Crippen LogP contribution in [0.1, 0.15) is 30.9 Å². The third-order valence-electron chi connectivity index (χ3n) is 3.84. The number of nitrogens with two attached hydrogens (primary N) is 1. The molecule has 0 radical (unpaired) electrons. The molecule has 3 nitrogen and oxygen atoms in total. The molecule has 2 N–H and O–H groups in total.